The van der Waals surface area contributed by atoms with Gasteiger partial charge < -0.3 is 25.4 Å². The maximum absolute atomic E-state index is 11.9. The Balaban J connectivity index is 1.71. The molecule has 0 radical (unpaired) electrons. The van der Waals surface area contributed by atoms with Gasteiger partial charge in [0.05, 0.1) is 7.11 Å². The SMILES string of the molecule is COc1ccccc1CNC(=O)COC(=O)[C@H](C)NC(=O)Nc1ccccc1. The van der Waals surface area contributed by atoms with E-state index in [4.69, 9.17) is 9.47 Å². The highest BCUT2D eigenvalue weighted by Gasteiger charge is 2.18. The number of carbonyl (C=O) groups excluding carboxylic acids is 3. The van der Waals surface area contributed by atoms with Gasteiger partial charge in [0.1, 0.15) is 11.8 Å². The van der Waals surface area contributed by atoms with Crippen molar-refractivity contribution in [2.75, 3.05) is 19.0 Å². The molecule has 2 aromatic rings. The van der Waals surface area contributed by atoms with E-state index in [2.05, 4.69) is 16.0 Å². The van der Waals surface area contributed by atoms with Crippen LogP contribution in [0.4, 0.5) is 10.5 Å². The van der Waals surface area contributed by atoms with Gasteiger partial charge in [0.2, 0.25) is 0 Å². The van der Waals surface area contributed by atoms with Crippen LogP contribution in [0.3, 0.4) is 0 Å². The van der Waals surface area contributed by atoms with Gasteiger partial charge in [-0.1, -0.05) is 36.4 Å². The number of esters is 1. The minimum absolute atomic E-state index is 0.244. The average molecular weight is 385 g/mol. The summed E-state index contributed by atoms with van der Waals surface area (Å²) >= 11 is 0. The highest BCUT2D eigenvalue weighted by molar-refractivity contribution is 5.92. The monoisotopic (exact) mass is 385 g/mol. The Labute approximate surface area is 163 Å². The summed E-state index contributed by atoms with van der Waals surface area (Å²) in [6, 6.07) is 14.6. The van der Waals surface area contributed by atoms with Gasteiger partial charge in [-0.25, -0.2) is 9.59 Å². The molecule has 1 atom stereocenters. The second-order valence-corrected chi connectivity index (χ2v) is 5.88. The van der Waals surface area contributed by atoms with Gasteiger partial charge >= 0.3 is 12.0 Å². The summed E-state index contributed by atoms with van der Waals surface area (Å²) in [4.78, 5) is 35.7. The summed E-state index contributed by atoms with van der Waals surface area (Å²) in [5, 5.41) is 7.69. The molecule has 0 unspecified atom stereocenters. The largest absolute Gasteiger partial charge is 0.496 e. The quantitative estimate of drug-likeness (QED) is 0.603. The number of ether oxygens (including phenoxy) is 2. The number of hydrogen-bond donors (Lipinski definition) is 3. The lowest BCUT2D eigenvalue weighted by Gasteiger charge is -2.14. The minimum atomic E-state index is -0.911. The maximum Gasteiger partial charge on any atom is 0.328 e. The third-order valence-corrected chi connectivity index (χ3v) is 3.75. The molecule has 0 aliphatic rings. The number of urea groups is 1. The van der Waals surface area contributed by atoms with Crippen LogP contribution in [0.25, 0.3) is 0 Å². The Hall–Kier alpha value is -3.55. The zero-order valence-electron chi connectivity index (χ0n) is 15.7. The van der Waals surface area contributed by atoms with Gasteiger partial charge in [-0.15, -0.1) is 0 Å². The number of amides is 3. The van der Waals surface area contributed by atoms with E-state index >= 15 is 0 Å². The summed E-state index contributed by atoms with van der Waals surface area (Å²) in [6.07, 6.45) is 0. The van der Waals surface area contributed by atoms with Crippen LogP contribution >= 0.6 is 0 Å². The Morgan fingerprint density at radius 1 is 1.00 bits per heavy atom. The van der Waals surface area contributed by atoms with E-state index in [1.165, 1.54) is 6.92 Å². The first-order valence-corrected chi connectivity index (χ1v) is 8.67. The van der Waals surface area contributed by atoms with E-state index in [1.807, 2.05) is 24.3 Å². The van der Waals surface area contributed by atoms with Crippen LogP contribution in [0.2, 0.25) is 0 Å². The summed E-state index contributed by atoms with van der Waals surface area (Å²) < 4.78 is 10.1. The summed E-state index contributed by atoms with van der Waals surface area (Å²) in [5.41, 5.74) is 1.40. The summed E-state index contributed by atoms with van der Waals surface area (Å²) in [7, 11) is 1.55. The van der Waals surface area contributed by atoms with Gasteiger partial charge in [0.15, 0.2) is 6.61 Å². The second kappa shape index (κ2) is 10.6. The van der Waals surface area contributed by atoms with Crippen molar-refractivity contribution in [3.63, 3.8) is 0 Å². The third-order valence-electron chi connectivity index (χ3n) is 3.75. The number of nitrogens with one attached hydrogen (secondary N) is 3. The zero-order valence-corrected chi connectivity index (χ0v) is 15.7. The van der Waals surface area contributed by atoms with Crippen molar-refractivity contribution in [2.45, 2.75) is 19.5 Å². The second-order valence-electron chi connectivity index (χ2n) is 5.88. The van der Waals surface area contributed by atoms with Crippen LogP contribution in [0.5, 0.6) is 5.75 Å². The molecule has 0 bridgehead atoms. The highest BCUT2D eigenvalue weighted by Crippen LogP contribution is 2.16. The van der Waals surface area contributed by atoms with E-state index in [-0.39, 0.29) is 6.54 Å². The van der Waals surface area contributed by atoms with Crippen molar-refractivity contribution >= 4 is 23.6 Å². The van der Waals surface area contributed by atoms with E-state index in [0.717, 1.165) is 5.56 Å². The minimum Gasteiger partial charge on any atom is -0.496 e. The van der Waals surface area contributed by atoms with Crippen LogP contribution in [0.15, 0.2) is 54.6 Å². The molecule has 0 aliphatic heterocycles. The molecule has 0 heterocycles. The Bertz CT molecular complexity index is 810. The Kier molecular flexibility index (Phi) is 7.83. The van der Waals surface area contributed by atoms with Gasteiger partial charge in [-0.2, -0.15) is 0 Å². The lowest BCUT2D eigenvalue weighted by molar-refractivity contribution is -0.150. The first-order chi connectivity index (χ1) is 13.5. The number of para-hydroxylation sites is 2. The average Bonchev–Trinajstić information content (AvgIpc) is 2.71. The molecule has 148 valence electrons. The van der Waals surface area contributed by atoms with Crippen molar-refractivity contribution < 1.29 is 23.9 Å². The Morgan fingerprint density at radius 2 is 1.68 bits per heavy atom. The predicted octanol–water partition coefficient (Wildman–Crippen LogP) is 2.06. The van der Waals surface area contributed by atoms with Crippen molar-refractivity contribution in [3.8, 4) is 5.75 Å². The summed E-state index contributed by atoms with van der Waals surface area (Å²) in [5.74, 6) is -0.516. The number of methoxy groups -OCH3 is 1. The van der Waals surface area contributed by atoms with Crippen molar-refractivity contribution in [1.82, 2.24) is 10.6 Å². The lowest BCUT2D eigenvalue weighted by atomic mass is 10.2. The smallest absolute Gasteiger partial charge is 0.328 e. The molecule has 0 fully saturated rings. The van der Waals surface area contributed by atoms with Crippen LogP contribution in [0.1, 0.15) is 12.5 Å². The predicted molar refractivity (Wildman–Crippen MR) is 104 cm³/mol. The van der Waals surface area contributed by atoms with Crippen LogP contribution in [0, 0.1) is 0 Å². The number of carbonyl (C=O) groups is 3. The first-order valence-electron chi connectivity index (χ1n) is 8.67. The molecular formula is C20H23N3O5. The zero-order chi connectivity index (χ0) is 20.4. The fraction of sp³-hybridized carbons (Fsp3) is 0.250. The van der Waals surface area contributed by atoms with Crippen LogP contribution < -0.4 is 20.7 Å². The fourth-order valence-electron chi connectivity index (χ4n) is 2.30. The molecule has 0 saturated carbocycles. The lowest BCUT2D eigenvalue weighted by Crippen LogP contribution is -2.42. The van der Waals surface area contributed by atoms with E-state index in [0.29, 0.717) is 11.4 Å². The first kappa shape index (κ1) is 20.8. The van der Waals surface area contributed by atoms with E-state index < -0.39 is 30.6 Å². The fourth-order valence-corrected chi connectivity index (χ4v) is 2.30. The number of hydrogen-bond acceptors (Lipinski definition) is 5. The van der Waals surface area contributed by atoms with Crippen LogP contribution in [-0.4, -0.2) is 37.7 Å². The van der Waals surface area contributed by atoms with E-state index in [9.17, 15) is 14.4 Å². The molecule has 8 nitrogen and oxygen atoms in total. The molecule has 3 amide bonds. The van der Waals surface area contributed by atoms with Gasteiger partial charge in [0.25, 0.3) is 5.91 Å². The van der Waals surface area contributed by atoms with Gasteiger partial charge in [-0.05, 0) is 25.1 Å². The van der Waals surface area contributed by atoms with Gasteiger partial charge in [-0.3, -0.25) is 4.79 Å². The molecule has 8 heteroatoms. The number of rotatable bonds is 8. The maximum atomic E-state index is 11.9. The molecule has 0 spiro atoms. The molecule has 2 rings (SSSR count). The number of benzene rings is 2. The molecule has 3 N–H and O–H groups in total. The van der Waals surface area contributed by atoms with Crippen molar-refractivity contribution in [1.29, 1.82) is 0 Å². The molecule has 0 aromatic heterocycles. The third kappa shape index (κ3) is 6.64. The van der Waals surface area contributed by atoms with Gasteiger partial charge in [0, 0.05) is 17.8 Å². The molecular weight excluding hydrogens is 362 g/mol. The molecule has 0 aliphatic carbocycles. The Morgan fingerprint density at radius 3 is 2.39 bits per heavy atom. The normalized spacial score (nSPS) is 11.1. The standard InChI is InChI=1S/C20H23N3O5/c1-14(22-20(26)23-16-9-4-3-5-10-16)19(25)28-13-18(24)21-12-15-8-6-7-11-17(15)27-2/h3-11,14H,12-13H2,1-2H3,(H,21,24)(H2,22,23,26)/t14-/m0/s1. The summed E-state index contributed by atoms with van der Waals surface area (Å²) in [6.45, 7) is 1.27. The highest BCUT2D eigenvalue weighted by atomic mass is 16.5. The molecule has 0 saturated heterocycles. The number of anilines is 1. The van der Waals surface area contributed by atoms with E-state index in [1.54, 1.807) is 37.4 Å². The van der Waals surface area contributed by atoms with Crippen LogP contribution in [-0.2, 0) is 20.9 Å². The van der Waals surface area contributed by atoms with Crippen molar-refractivity contribution in [3.05, 3.63) is 60.2 Å². The molecule has 2 aromatic carbocycles. The topological polar surface area (TPSA) is 106 Å². The van der Waals surface area contributed by atoms with Crippen molar-refractivity contribution in [2.24, 2.45) is 0 Å². The molecule has 28 heavy (non-hydrogen) atoms.